The lowest BCUT2D eigenvalue weighted by molar-refractivity contribution is -0.160. The van der Waals surface area contributed by atoms with E-state index >= 15 is 0 Å². The molecule has 7 nitrogen and oxygen atoms in total. The fourth-order valence-corrected chi connectivity index (χ4v) is 3.08. The van der Waals surface area contributed by atoms with Crippen molar-refractivity contribution in [2.45, 2.75) is 18.4 Å². The van der Waals surface area contributed by atoms with Crippen LogP contribution in [0.3, 0.4) is 0 Å². The van der Waals surface area contributed by atoms with Crippen LogP contribution in [0.1, 0.15) is 17.9 Å². The Kier molecular flexibility index (Phi) is 4.04. The number of ether oxygens (including phenoxy) is 1. The number of morpholine rings is 1. The van der Waals surface area contributed by atoms with E-state index in [9.17, 15) is 14.4 Å². The van der Waals surface area contributed by atoms with Crippen LogP contribution in [0.2, 0.25) is 0 Å². The molecule has 122 valence electrons. The Balaban J connectivity index is 1.86. The molecule has 0 unspecified atom stereocenters. The van der Waals surface area contributed by atoms with Gasteiger partial charge >= 0.3 is 5.97 Å². The molecular formula is C16H18N2O5. The van der Waals surface area contributed by atoms with Crippen molar-refractivity contribution < 1.29 is 24.2 Å². The smallest absolute Gasteiger partial charge is 0.334 e. The fourth-order valence-electron chi connectivity index (χ4n) is 3.08. The van der Waals surface area contributed by atoms with Crippen LogP contribution < -0.4 is 4.90 Å². The third-order valence-corrected chi connectivity index (χ3v) is 4.38. The maximum absolute atomic E-state index is 12.8. The summed E-state index contributed by atoms with van der Waals surface area (Å²) in [6.07, 6.45) is -0.911. The highest BCUT2D eigenvalue weighted by Gasteiger charge is 2.38. The molecule has 2 atom stereocenters. The van der Waals surface area contributed by atoms with E-state index in [-0.39, 0.29) is 31.4 Å². The number of rotatable bonds is 2. The Bertz CT molecular complexity index is 660. The number of nitrogens with zero attached hydrogens (tertiary/aromatic N) is 2. The average Bonchev–Trinajstić information content (AvgIpc) is 2.57. The van der Waals surface area contributed by atoms with Crippen molar-refractivity contribution in [3.8, 4) is 0 Å². The van der Waals surface area contributed by atoms with E-state index in [0.717, 1.165) is 11.3 Å². The van der Waals surface area contributed by atoms with Gasteiger partial charge in [0.15, 0.2) is 6.10 Å². The largest absolute Gasteiger partial charge is 0.479 e. The first-order valence-corrected chi connectivity index (χ1v) is 7.47. The van der Waals surface area contributed by atoms with Gasteiger partial charge in [-0.2, -0.15) is 0 Å². The van der Waals surface area contributed by atoms with Crippen LogP contribution in [-0.2, 0) is 19.1 Å². The number of carboxylic acid groups (broad SMARTS) is 1. The molecule has 2 aliphatic heterocycles. The Morgan fingerprint density at radius 2 is 2.04 bits per heavy atom. The molecule has 1 saturated heterocycles. The number of hydrogen-bond donors (Lipinski definition) is 1. The fraction of sp³-hybridized carbons (Fsp3) is 0.438. The highest BCUT2D eigenvalue weighted by Crippen LogP contribution is 2.36. The molecule has 1 fully saturated rings. The van der Waals surface area contributed by atoms with E-state index in [1.165, 1.54) is 4.90 Å². The highest BCUT2D eigenvalue weighted by atomic mass is 16.5. The number of benzene rings is 1. The highest BCUT2D eigenvalue weighted by molar-refractivity contribution is 6.02. The van der Waals surface area contributed by atoms with Gasteiger partial charge in [-0.15, -0.1) is 0 Å². The van der Waals surface area contributed by atoms with E-state index in [4.69, 9.17) is 9.84 Å². The summed E-state index contributed by atoms with van der Waals surface area (Å²) in [5.41, 5.74) is 1.53. The second-order valence-electron chi connectivity index (χ2n) is 5.75. The lowest BCUT2D eigenvalue weighted by Crippen LogP contribution is -2.51. The Hall–Kier alpha value is -2.41. The molecule has 0 saturated carbocycles. The molecule has 0 radical (unpaired) electrons. The second kappa shape index (κ2) is 6.00. The number of anilines is 1. The van der Waals surface area contributed by atoms with Gasteiger partial charge in [0.2, 0.25) is 11.8 Å². The minimum Gasteiger partial charge on any atom is -0.479 e. The first-order chi connectivity index (χ1) is 11.0. The van der Waals surface area contributed by atoms with Gasteiger partial charge in [0, 0.05) is 25.7 Å². The maximum Gasteiger partial charge on any atom is 0.334 e. The van der Waals surface area contributed by atoms with Crippen LogP contribution in [0.25, 0.3) is 0 Å². The summed E-state index contributed by atoms with van der Waals surface area (Å²) in [5, 5.41) is 9.06. The first kappa shape index (κ1) is 15.5. The number of amides is 2. The number of carboxylic acids is 1. The molecule has 23 heavy (non-hydrogen) atoms. The SMILES string of the molecule is CN1C(=O)C[C@H](C(=O)N2CCO[C@@H](C(=O)O)C2)c2ccccc21. The predicted octanol–water partition coefficient (Wildman–Crippen LogP) is 0.449. The Labute approximate surface area is 133 Å². The third-order valence-electron chi connectivity index (χ3n) is 4.38. The normalized spacial score (nSPS) is 24.3. The summed E-state index contributed by atoms with van der Waals surface area (Å²) in [7, 11) is 1.69. The molecule has 3 rings (SSSR count). The Morgan fingerprint density at radius 3 is 2.78 bits per heavy atom. The summed E-state index contributed by atoms with van der Waals surface area (Å²) in [6, 6.07) is 7.31. The molecule has 1 N–H and O–H groups in total. The van der Waals surface area contributed by atoms with Gasteiger partial charge in [-0.3, -0.25) is 9.59 Å². The van der Waals surface area contributed by atoms with Crippen molar-refractivity contribution in [3.05, 3.63) is 29.8 Å². The van der Waals surface area contributed by atoms with E-state index in [0.29, 0.717) is 6.54 Å². The maximum atomic E-state index is 12.8. The summed E-state index contributed by atoms with van der Waals surface area (Å²) >= 11 is 0. The standard InChI is InChI=1S/C16H18N2O5/c1-17-12-5-3-2-4-10(12)11(8-14(17)19)15(20)18-6-7-23-13(9-18)16(21)22/h2-5,11,13H,6-9H2,1H3,(H,21,22)/t11-,13+/m0/s1. The summed E-state index contributed by atoms with van der Waals surface area (Å²) in [5.74, 6) is -1.98. The van der Waals surface area contributed by atoms with Crippen molar-refractivity contribution >= 4 is 23.5 Å². The summed E-state index contributed by atoms with van der Waals surface area (Å²) in [4.78, 5) is 39.1. The topological polar surface area (TPSA) is 87.2 Å². The van der Waals surface area contributed by atoms with Gasteiger partial charge in [-0.1, -0.05) is 18.2 Å². The number of fused-ring (bicyclic) bond motifs is 1. The third kappa shape index (κ3) is 2.79. The zero-order valence-corrected chi connectivity index (χ0v) is 12.8. The lowest BCUT2D eigenvalue weighted by atomic mass is 9.88. The van der Waals surface area contributed by atoms with Crippen LogP contribution in [0.4, 0.5) is 5.69 Å². The molecule has 0 aliphatic carbocycles. The molecule has 0 bridgehead atoms. The summed E-state index contributed by atoms with van der Waals surface area (Å²) in [6.45, 7) is 0.535. The minimum absolute atomic E-state index is 0.0108. The van der Waals surface area contributed by atoms with Crippen LogP contribution in [0, 0.1) is 0 Å². The van der Waals surface area contributed by atoms with E-state index < -0.39 is 18.0 Å². The average molecular weight is 318 g/mol. The van der Waals surface area contributed by atoms with E-state index in [1.54, 1.807) is 11.9 Å². The van der Waals surface area contributed by atoms with Gasteiger partial charge in [0.1, 0.15) is 0 Å². The van der Waals surface area contributed by atoms with E-state index in [1.807, 2.05) is 24.3 Å². The van der Waals surface area contributed by atoms with Crippen molar-refractivity contribution in [1.82, 2.24) is 4.90 Å². The zero-order valence-electron chi connectivity index (χ0n) is 12.8. The van der Waals surface area contributed by atoms with Gasteiger partial charge in [0.05, 0.1) is 19.1 Å². The van der Waals surface area contributed by atoms with Crippen molar-refractivity contribution in [2.75, 3.05) is 31.6 Å². The molecular weight excluding hydrogens is 300 g/mol. The molecule has 7 heteroatoms. The second-order valence-corrected chi connectivity index (χ2v) is 5.75. The molecule has 0 spiro atoms. The number of carbonyl (C=O) groups is 3. The minimum atomic E-state index is -1.08. The van der Waals surface area contributed by atoms with E-state index in [2.05, 4.69) is 0 Å². The first-order valence-electron chi connectivity index (χ1n) is 7.47. The molecule has 0 aromatic heterocycles. The van der Waals surface area contributed by atoms with Crippen LogP contribution in [0.5, 0.6) is 0 Å². The van der Waals surface area contributed by atoms with Gasteiger partial charge in [0.25, 0.3) is 0 Å². The molecule has 1 aromatic rings. The van der Waals surface area contributed by atoms with Crippen molar-refractivity contribution in [2.24, 2.45) is 0 Å². The molecule has 1 aromatic carbocycles. The lowest BCUT2D eigenvalue weighted by Gasteiger charge is -2.36. The van der Waals surface area contributed by atoms with Crippen LogP contribution in [-0.4, -0.2) is 60.6 Å². The zero-order chi connectivity index (χ0) is 16.6. The van der Waals surface area contributed by atoms with Gasteiger partial charge < -0.3 is 19.6 Å². The van der Waals surface area contributed by atoms with Crippen molar-refractivity contribution in [3.63, 3.8) is 0 Å². The molecule has 2 heterocycles. The molecule has 2 amide bonds. The number of para-hydroxylation sites is 1. The number of aliphatic carboxylic acids is 1. The molecule has 2 aliphatic rings. The van der Waals surface area contributed by atoms with Gasteiger partial charge in [-0.25, -0.2) is 4.79 Å². The summed E-state index contributed by atoms with van der Waals surface area (Å²) < 4.78 is 5.15. The monoisotopic (exact) mass is 318 g/mol. The number of hydrogen-bond acceptors (Lipinski definition) is 4. The Morgan fingerprint density at radius 1 is 1.30 bits per heavy atom. The van der Waals surface area contributed by atoms with Crippen LogP contribution >= 0.6 is 0 Å². The van der Waals surface area contributed by atoms with Crippen molar-refractivity contribution in [1.29, 1.82) is 0 Å². The predicted molar refractivity (Wildman–Crippen MR) is 81.2 cm³/mol. The quantitative estimate of drug-likeness (QED) is 0.855. The van der Waals surface area contributed by atoms with Crippen LogP contribution in [0.15, 0.2) is 24.3 Å². The van der Waals surface area contributed by atoms with Gasteiger partial charge in [-0.05, 0) is 11.6 Å². The number of carbonyl (C=O) groups excluding carboxylic acids is 2.